The molecule has 1 atom stereocenters. The van der Waals surface area contributed by atoms with E-state index in [1.807, 2.05) is 25.3 Å². The molecule has 0 spiro atoms. The molecule has 2 rings (SSSR count). The molecule has 0 radical (unpaired) electrons. The Kier molecular flexibility index (Phi) is 7.33. The van der Waals surface area contributed by atoms with Crippen LogP contribution in [0.4, 0.5) is 5.82 Å². The van der Waals surface area contributed by atoms with Gasteiger partial charge < -0.3 is 16.0 Å². The van der Waals surface area contributed by atoms with Crippen LogP contribution in [0.5, 0.6) is 0 Å². The molecule has 1 aliphatic heterocycles. The van der Waals surface area contributed by atoms with Crippen molar-refractivity contribution < 1.29 is 4.79 Å². The van der Waals surface area contributed by atoms with Crippen LogP contribution in [0, 0.1) is 18.8 Å². The Morgan fingerprint density at radius 3 is 2.83 bits per heavy atom. The first-order valence-corrected chi connectivity index (χ1v) is 8.79. The van der Waals surface area contributed by atoms with Gasteiger partial charge >= 0.3 is 0 Å². The first-order valence-electron chi connectivity index (χ1n) is 8.79. The molecule has 0 aromatic carbocycles. The first-order chi connectivity index (χ1) is 11.1. The summed E-state index contributed by atoms with van der Waals surface area (Å²) in [4.78, 5) is 16.3. The first kappa shape index (κ1) is 17.7. The lowest BCUT2D eigenvalue weighted by atomic mass is 9.84. The van der Waals surface area contributed by atoms with Crippen molar-refractivity contribution in [3.05, 3.63) is 23.9 Å². The average molecular weight is 318 g/mol. The molecule has 2 heterocycles. The van der Waals surface area contributed by atoms with Gasteiger partial charge in [0, 0.05) is 25.7 Å². The molecule has 128 valence electrons. The molecular formula is C18H30N4O. The van der Waals surface area contributed by atoms with E-state index >= 15 is 0 Å². The van der Waals surface area contributed by atoms with Crippen molar-refractivity contribution in [1.82, 2.24) is 15.6 Å². The summed E-state index contributed by atoms with van der Waals surface area (Å²) in [5.74, 6) is 2.24. The van der Waals surface area contributed by atoms with Crippen molar-refractivity contribution in [2.24, 2.45) is 11.8 Å². The third-order valence-electron chi connectivity index (χ3n) is 4.59. The number of rotatable bonds is 8. The number of anilines is 1. The van der Waals surface area contributed by atoms with Crippen LogP contribution in [0.3, 0.4) is 0 Å². The minimum Gasteiger partial charge on any atom is -0.370 e. The quantitative estimate of drug-likeness (QED) is 0.644. The zero-order valence-electron chi connectivity index (χ0n) is 14.4. The van der Waals surface area contributed by atoms with Crippen LogP contribution < -0.4 is 16.0 Å². The van der Waals surface area contributed by atoms with Crippen molar-refractivity contribution in [3.8, 4) is 0 Å². The van der Waals surface area contributed by atoms with Gasteiger partial charge in [-0.2, -0.15) is 0 Å². The molecule has 5 nitrogen and oxygen atoms in total. The Bertz CT molecular complexity index is 468. The predicted molar refractivity (Wildman–Crippen MR) is 94.5 cm³/mol. The van der Waals surface area contributed by atoms with Gasteiger partial charge in [0.2, 0.25) is 5.91 Å². The fraction of sp³-hybridized carbons (Fsp3) is 0.667. The molecule has 1 aliphatic rings. The molecule has 1 fully saturated rings. The average Bonchev–Trinajstić information content (AvgIpc) is 2.57. The smallest absolute Gasteiger partial charge is 0.220 e. The number of aryl methyl sites for hydroxylation is 1. The Morgan fingerprint density at radius 1 is 1.35 bits per heavy atom. The summed E-state index contributed by atoms with van der Waals surface area (Å²) in [7, 11) is 0. The highest BCUT2D eigenvalue weighted by Crippen LogP contribution is 2.24. The maximum Gasteiger partial charge on any atom is 0.220 e. The number of carbonyl (C=O) groups is 1. The van der Waals surface area contributed by atoms with Crippen LogP contribution in [0.15, 0.2) is 18.3 Å². The van der Waals surface area contributed by atoms with Crippen molar-refractivity contribution in [2.45, 2.75) is 39.5 Å². The number of pyridine rings is 1. The highest BCUT2D eigenvalue weighted by molar-refractivity contribution is 5.76. The van der Waals surface area contributed by atoms with E-state index in [9.17, 15) is 4.79 Å². The zero-order chi connectivity index (χ0) is 16.5. The van der Waals surface area contributed by atoms with E-state index in [1.54, 1.807) is 0 Å². The summed E-state index contributed by atoms with van der Waals surface area (Å²) in [5, 5.41) is 9.68. The van der Waals surface area contributed by atoms with Crippen LogP contribution in [-0.2, 0) is 4.79 Å². The van der Waals surface area contributed by atoms with E-state index in [4.69, 9.17) is 0 Å². The van der Waals surface area contributed by atoms with Gasteiger partial charge in [-0.25, -0.2) is 4.98 Å². The van der Waals surface area contributed by atoms with Crippen LogP contribution in [-0.4, -0.2) is 37.1 Å². The van der Waals surface area contributed by atoms with Crippen molar-refractivity contribution in [3.63, 3.8) is 0 Å². The third-order valence-corrected chi connectivity index (χ3v) is 4.59. The Labute approximate surface area is 139 Å². The van der Waals surface area contributed by atoms with Crippen molar-refractivity contribution in [2.75, 3.05) is 31.5 Å². The van der Waals surface area contributed by atoms with Gasteiger partial charge in [0.1, 0.15) is 5.82 Å². The topological polar surface area (TPSA) is 66.0 Å². The summed E-state index contributed by atoms with van der Waals surface area (Å²) < 4.78 is 0. The maximum atomic E-state index is 12.0. The highest BCUT2D eigenvalue weighted by atomic mass is 16.1. The normalized spacial score (nSPS) is 16.8. The maximum absolute atomic E-state index is 12.0. The van der Waals surface area contributed by atoms with Gasteiger partial charge in [0.25, 0.3) is 0 Å². The number of hydrogen-bond acceptors (Lipinski definition) is 4. The largest absolute Gasteiger partial charge is 0.370 e. The van der Waals surface area contributed by atoms with E-state index in [-0.39, 0.29) is 5.91 Å². The van der Waals surface area contributed by atoms with E-state index in [2.05, 4.69) is 27.9 Å². The van der Waals surface area contributed by atoms with Crippen molar-refractivity contribution >= 4 is 11.7 Å². The molecule has 0 aliphatic carbocycles. The van der Waals surface area contributed by atoms with Crippen LogP contribution in [0.25, 0.3) is 0 Å². The predicted octanol–water partition coefficient (Wildman–Crippen LogP) is 2.33. The van der Waals surface area contributed by atoms with Crippen LogP contribution in [0.2, 0.25) is 0 Å². The Morgan fingerprint density at radius 2 is 2.13 bits per heavy atom. The van der Waals surface area contributed by atoms with Crippen LogP contribution in [0.1, 0.15) is 38.2 Å². The second-order valence-corrected chi connectivity index (χ2v) is 6.62. The summed E-state index contributed by atoms with van der Waals surface area (Å²) in [6.07, 6.45) is 5.80. The van der Waals surface area contributed by atoms with Crippen LogP contribution >= 0.6 is 0 Å². The molecule has 5 heteroatoms. The minimum atomic E-state index is 0.185. The lowest BCUT2D eigenvalue weighted by molar-refractivity contribution is -0.122. The number of hydrogen-bond donors (Lipinski definition) is 3. The monoisotopic (exact) mass is 318 g/mol. The van der Waals surface area contributed by atoms with Gasteiger partial charge in [-0.15, -0.1) is 0 Å². The van der Waals surface area contributed by atoms with Gasteiger partial charge in [0.15, 0.2) is 0 Å². The van der Waals surface area contributed by atoms with E-state index in [0.29, 0.717) is 18.3 Å². The number of aromatic nitrogens is 1. The standard InChI is InChI=1S/C18H30N4O/c1-14-4-5-17(22-13-14)20-8-3-9-21-18(23)12-15(2)16-6-10-19-11-7-16/h4-5,13,15-16,19H,3,6-12H2,1-2H3,(H,20,22)(H,21,23). The Balaban J connectivity index is 1.54. The SMILES string of the molecule is Cc1ccc(NCCCNC(=O)CC(C)C2CCNCC2)nc1. The molecule has 1 unspecified atom stereocenters. The number of nitrogens with zero attached hydrogens (tertiary/aromatic N) is 1. The van der Waals surface area contributed by atoms with E-state index < -0.39 is 0 Å². The lowest BCUT2D eigenvalue weighted by Crippen LogP contribution is -2.34. The number of carbonyl (C=O) groups excluding carboxylic acids is 1. The van der Waals surface area contributed by atoms with Gasteiger partial charge in [-0.3, -0.25) is 4.79 Å². The van der Waals surface area contributed by atoms with E-state index in [0.717, 1.165) is 44.0 Å². The molecule has 1 aromatic rings. The summed E-state index contributed by atoms with van der Waals surface area (Å²) in [6.45, 7) is 7.96. The second kappa shape index (κ2) is 9.50. The molecule has 1 amide bonds. The van der Waals surface area contributed by atoms with Gasteiger partial charge in [0.05, 0.1) is 0 Å². The highest BCUT2D eigenvalue weighted by Gasteiger charge is 2.21. The molecule has 3 N–H and O–H groups in total. The fourth-order valence-electron chi connectivity index (χ4n) is 3.05. The molecule has 23 heavy (non-hydrogen) atoms. The third kappa shape index (κ3) is 6.57. The minimum absolute atomic E-state index is 0.185. The molecule has 0 bridgehead atoms. The number of amides is 1. The number of nitrogens with one attached hydrogen (secondary N) is 3. The molecule has 0 saturated carbocycles. The Hall–Kier alpha value is -1.62. The second-order valence-electron chi connectivity index (χ2n) is 6.62. The van der Waals surface area contributed by atoms with Gasteiger partial charge in [-0.05, 0) is 62.7 Å². The summed E-state index contributed by atoms with van der Waals surface area (Å²) in [6, 6.07) is 4.02. The van der Waals surface area contributed by atoms with Gasteiger partial charge in [-0.1, -0.05) is 13.0 Å². The molecule has 1 aromatic heterocycles. The summed E-state index contributed by atoms with van der Waals surface area (Å²) >= 11 is 0. The zero-order valence-corrected chi connectivity index (χ0v) is 14.4. The fourth-order valence-corrected chi connectivity index (χ4v) is 3.05. The molecular weight excluding hydrogens is 288 g/mol. The molecule has 1 saturated heterocycles. The summed E-state index contributed by atoms with van der Waals surface area (Å²) in [5.41, 5.74) is 1.16. The number of piperidine rings is 1. The van der Waals surface area contributed by atoms with Crippen molar-refractivity contribution in [1.29, 1.82) is 0 Å². The lowest BCUT2D eigenvalue weighted by Gasteiger charge is -2.27. The van der Waals surface area contributed by atoms with E-state index in [1.165, 1.54) is 12.8 Å².